The molecule has 3 heterocycles. The first-order valence-corrected chi connectivity index (χ1v) is 8.81. The average molecular weight is 378 g/mol. The van der Waals surface area contributed by atoms with Crippen LogP contribution in [0.4, 0.5) is 15.0 Å². The Balaban J connectivity index is 1.66. The van der Waals surface area contributed by atoms with E-state index in [-0.39, 0.29) is 11.5 Å². The predicted octanol–water partition coefficient (Wildman–Crippen LogP) is 2.29. The second kappa shape index (κ2) is 6.15. The predicted molar refractivity (Wildman–Crippen MR) is 99.7 cm³/mol. The number of carbonyl (C=O) groups excluding carboxylic acids is 2. The van der Waals surface area contributed by atoms with Crippen LogP contribution in [0.5, 0.6) is 0 Å². The summed E-state index contributed by atoms with van der Waals surface area (Å²) in [5.41, 5.74) is 2.49. The molecule has 1 saturated carbocycles. The third-order valence-corrected chi connectivity index (χ3v) is 4.57. The van der Waals surface area contributed by atoms with Crippen LogP contribution in [0.15, 0.2) is 42.4 Å². The van der Waals surface area contributed by atoms with E-state index in [0.29, 0.717) is 34.5 Å². The number of nitrogens with zero attached hydrogens (tertiary/aromatic N) is 3. The van der Waals surface area contributed by atoms with Crippen LogP contribution >= 0.6 is 0 Å². The molecule has 0 atom stereocenters. The number of benzene rings is 1. The molecule has 28 heavy (non-hydrogen) atoms. The zero-order chi connectivity index (χ0) is 19.3. The van der Waals surface area contributed by atoms with Gasteiger partial charge in [-0.05, 0) is 31.1 Å². The van der Waals surface area contributed by atoms with Gasteiger partial charge in [-0.1, -0.05) is 12.1 Å². The second-order valence-corrected chi connectivity index (χ2v) is 6.75. The van der Waals surface area contributed by atoms with E-state index < -0.39 is 11.9 Å². The van der Waals surface area contributed by atoms with Crippen molar-refractivity contribution in [2.75, 3.05) is 5.32 Å². The van der Waals surface area contributed by atoms with E-state index in [1.165, 1.54) is 18.2 Å². The van der Waals surface area contributed by atoms with Gasteiger partial charge in [0.25, 0.3) is 5.91 Å². The Morgan fingerprint density at radius 1 is 1.25 bits per heavy atom. The number of hydrogen-bond donors (Lipinski definition) is 3. The Morgan fingerprint density at radius 2 is 2.11 bits per heavy atom. The molecule has 9 heteroatoms. The van der Waals surface area contributed by atoms with E-state index in [9.17, 15) is 14.0 Å². The first-order chi connectivity index (χ1) is 13.6. The molecule has 2 aromatic heterocycles. The highest BCUT2D eigenvalue weighted by atomic mass is 19.1. The molecule has 3 aromatic rings. The highest BCUT2D eigenvalue weighted by Crippen LogP contribution is 2.29. The number of aromatic nitrogens is 3. The zero-order valence-electron chi connectivity index (χ0n) is 14.6. The fourth-order valence-electron chi connectivity index (χ4n) is 3.05. The van der Waals surface area contributed by atoms with Crippen LogP contribution in [0.2, 0.25) is 0 Å². The Kier molecular flexibility index (Phi) is 3.61. The molecule has 8 nitrogen and oxygen atoms in total. The molecular weight excluding hydrogens is 363 g/mol. The van der Waals surface area contributed by atoms with Gasteiger partial charge in [0.05, 0.1) is 17.6 Å². The minimum atomic E-state index is -0.566. The Bertz CT molecular complexity index is 1160. The van der Waals surface area contributed by atoms with E-state index in [4.69, 9.17) is 0 Å². The number of imidazole rings is 1. The summed E-state index contributed by atoms with van der Waals surface area (Å²) in [7, 11) is 0. The maximum absolute atomic E-state index is 13.7. The number of rotatable bonds is 4. The van der Waals surface area contributed by atoms with E-state index >= 15 is 0 Å². The fourth-order valence-corrected chi connectivity index (χ4v) is 3.05. The zero-order valence-corrected chi connectivity index (χ0v) is 14.6. The first-order valence-electron chi connectivity index (χ1n) is 8.81. The minimum absolute atomic E-state index is 0.132. The van der Waals surface area contributed by atoms with Gasteiger partial charge in [0.2, 0.25) is 0 Å². The number of anilines is 1. The summed E-state index contributed by atoms with van der Waals surface area (Å²) in [6.07, 6.45) is 6.98. The van der Waals surface area contributed by atoms with Gasteiger partial charge in [-0.2, -0.15) is 0 Å². The molecule has 0 spiro atoms. The van der Waals surface area contributed by atoms with Crippen LogP contribution < -0.4 is 16.0 Å². The summed E-state index contributed by atoms with van der Waals surface area (Å²) < 4.78 is 15.5. The topological polar surface area (TPSA) is 100 Å². The van der Waals surface area contributed by atoms with Gasteiger partial charge in [-0.3, -0.25) is 14.5 Å². The lowest BCUT2D eigenvalue weighted by molar-refractivity contribution is -0.115. The van der Waals surface area contributed by atoms with Crippen molar-refractivity contribution in [3.05, 3.63) is 53.9 Å². The van der Waals surface area contributed by atoms with Gasteiger partial charge in [-0.25, -0.2) is 19.2 Å². The quantitative estimate of drug-likeness (QED) is 0.478. The molecule has 2 aliphatic rings. The van der Waals surface area contributed by atoms with Gasteiger partial charge in [0.1, 0.15) is 11.5 Å². The van der Waals surface area contributed by atoms with Gasteiger partial charge >= 0.3 is 6.03 Å². The number of urea groups is 1. The highest BCUT2D eigenvalue weighted by Gasteiger charge is 2.25. The average Bonchev–Trinajstić information content (AvgIpc) is 3.30. The van der Waals surface area contributed by atoms with Crippen LogP contribution in [-0.4, -0.2) is 32.3 Å². The number of nitrogens with one attached hydrogen (secondary N) is 3. The molecule has 1 aromatic carbocycles. The molecule has 2 fully saturated rings. The summed E-state index contributed by atoms with van der Waals surface area (Å²) in [5, 5.41) is 7.97. The van der Waals surface area contributed by atoms with E-state index in [0.717, 1.165) is 12.8 Å². The standard InChI is InChI=1S/C19H15FN6O2/c20-11-3-1-2-10(6-11)15-9-26-13(7-14-18(27)25-19(28)24-14)8-21-17(26)16(23-15)22-12-4-5-12/h1-3,6-9,12H,4-5H2,(H,22,23)(H2,24,25,27,28). The minimum Gasteiger partial charge on any atom is -0.364 e. The van der Waals surface area contributed by atoms with Crippen molar-refractivity contribution < 1.29 is 14.0 Å². The SMILES string of the molecule is O=C1NC(=O)C(=Cc2cnc3c(NC4CC4)nc(-c4cccc(F)c4)cn23)N1. The smallest absolute Gasteiger partial charge is 0.326 e. The highest BCUT2D eigenvalue weighted by molar-refractivity contribution is 6.13. The van der Waals surface area contributed by atoms with Crippen molar-refractivity contribution in [3.63, 3.8) is 0 Å². The van der Waals surface area contributed by atoms with Crippen molar-refractivity contribution in [2.45, 2.75) is 18.9 Å². The summed E-state index contributed by atoms with van der Waals surface area (Å²) >= 11 is 0. The van der Waals surface area contributed by atoms with Crippen LogP contribution in [0, 0.1) is 5.82 Å². The summed E-state index contributed by atoms with van der Waals surface area (Å²) in [4.78, 5) is 32.2. The molecule has 140 valence electrons. The molecule has 0 unspecified atom stereocenters. The van der Waals surface area contributed by atoms with Gasteiger partial charge in [0, 0.05) is 17.8 Å². The molecule has 3 amide bonds. The maximum atomic E-state index is 13.7. The van der Waals surface area contributed by atoms with Gasteiger partial charge < -0.3 is 10.6 Å². The molecule has 0 bridgehead atoms. The van der Waals surface area contributed by atoms with Crippen LogP contribution in [0.3, 0.4) is 0 Å². The molecule has 1 aliphatic heterocycles. The van der Waals surface area contributed by atoms with Crippen LogP contribution in [0.25, 0.3) is 23.0 Å². The summed E-state index contributed by atoms with van der Waals surface area (Å²) in [6.45, 7) is 0. The number of hydrogen-bond acceptors (Lipinski definition) is 5. The number of amides is 3. The largest absolute Gasteiger partial charge is 0.364 e. The summed E-state index contributed by atoms with van der Waals surface area (Å²) in [5.74, 6) is -0.265. The maximum Gasteiger partial charge on any atom is 0.326 e. The Labute approximate surface area is 158 Å². The number of fused-ring (bicyclic) bond motifs is 1. The molecule has 1 saturated heterocycles. The van der Waals surface area contributed by atoms with E-state index in [1.54, 1.807) is 28.9 Å². The van der Waals surface area contributed by atoms with Crippen molar-refractivity contribution in [1.82, 2.24) is 25.0 Å². The van der Waals surface area contributed by atoms with Crippen molar-refractivity contribution >= 4 is 29.5 Å². The van der Waals surface area contributed by atoms with Crippen molar-refractivity contribution in [1.29, 1.82) is 0 Å². The number of imide groups is 1. The Hall–Kier alpha value is -3.75. The van der Waals surface area contributed by atoms with Crippen molar-refractivity contribution in [3.8, 4) is 11.3 Å². The lowest BCUT2D eigenvalue weighted by Gasteiger charge is -2.10. The number of carbonyl (C=O) groups is 2. The first kappa shape index (κ1) is 16.4. The molecule has 5 rings (SSSR count). The molecule has 1 aliphatic carbocycles. The lowest BCUT2D eigenvalue weighted by atomic mass is 10.1. The van der Waals surface area contributed by atoms with Gasteiger partial charge in [0.15, 0.2) is 11.5 Å². The lowest BCUT2D eigenvalue weighted by Crippen LogP contribution is -2.22. The normalized spacial score (nSPS) is 17.8. The Morgan fingerprint density at radius 3 is 2.82 bits per heavy atom. The number of halogens is 1. The molecular formula is C19H15FN6O2. The summed E-state index contributed by atoms with van der Waals surface area (Å²) in [6, 6.07) is 5.97. The molecule has 0 radical (unpaired) electrons. The third-order valence-electron chi connectivity index (χ3n) is 4.57. The second-order valence-electron chi connectivity index (χ2n) is 6.75. The van der Waals surface area contributed by atoms with Gasteiger partial charge in [-0.15, -0.1) is 0 Å². The van der Waals surface area contributed by atoms with Crippen LogP contribution in [0.1, 0.15) is 18.5 Å². The fraction of sp³-hybridized carbons (Fsp3) is 0.158. The van der Waals surface area contributed by atoms with Crippen LogP contribution in [-0.2, 0) is 4.79 Å². The van der Waals surface area contributed by atoms with E-state index in [2.05, 4.69) is 25.9 Å². The molecule has 3 N–H and O–H groups in total. The van der Waals surface area contributed by atoms with E-state index in [1.807, 2.05) is 0 Å². The van der Waals surface area contributed by atoms with Crippen molar-refractivity contribution in [2.24, 2.45) is 0 Å². The monoisotopic (exact) mass is 378 g/mol. The third kappa shape index (κ3) is 2.96.